The Kier molecular flexibility index (Phi) is 5.35. The molecule has 1 fully saturated rings. The van der Waals surface area contributed by atoms with Gasteiger partial charge in [-0.2, -0.15) is 5.26 Å². The number of nitriles is 1. The van der Waals surface area contributed by atoms with Crippen molar-refractivity contribution < 1.29 is 0 Å². The van der Waals surface area contributed by atoms with Crippen LogP contribution in [0, 0.1) is 11.3 Å². The van der Waals surface area contributed by atoms with E-state index in [1.807, 2.05) is 37.4 Å². The van der Waals surface area contributed by atoms with Crippen molar-refractivity contribution in [2.45, 2.75) is 24.4 Å². The van der Waals surface area contributed by atoms with Gasteiger partial charge in [0.25, 0.3) is 0 Å². The number of likely N-dealkylation sites (tertiary alicyclic amines) is 1. The van der Waals surface area contributed by atoms with Gasteiger partial charge in [0, 0.05) is 19.1 Å². The number of hydrogen-bond acceptors (Lipinski definition) is 4. The lowest BCUT2D eigenvalue weighted by atomic mass is 9.90. The van der Waals surface area contributed by atoms with Crippen LogP contribution < -0.4 is 5.32 Å². The van der Waals surface area contributed by atoms with Crippen LogP contribution in [-0.2, 0) is 5.54 Å². The maximum Gasteiger partial charge on any atom is 0.144 e. The number of nitrogens with zero attached hydrogens (tertiary/aromatic N) is 3. The van der Waals surface area contributed by atoms with E-state index in [0.29, 0.717) is 6.04 Å². The summed E-state index contributed by atoms with van der Waals surface area (Å²) in [7, 11) is 6.11. The summed E-state index contributed by atoms with van der Waals surface area (Å²) in [4.78, 5) is 4.70. The van der Waals surface area contributed by atoms with Crippen molar-refractivity contribution in [2.24, 2.45) is 0 Å². The standard InChI is InChI=1S/C17H26N4/c1-19-17(13-18,15-8-5-4-6-9-15)14-21-11-7-10-16(21)12-20(2)3/h4-6,8-9,16,19H,7,10-12,14H2,1-3H3. The van der Waals surface area contributed by atoms with Crippen LogP contribution in [0.3, 0.4) is 0 Å². The van der Waals surface area contributed by atoms with E-state index < -0.39 is 5.54 Å². The molecule has 2 atom stereocenters. The minimum absolute atomic E-state index is 0.546. The van der Waals surface area contributed by atoms with E-state index in [2.05, 4.69) is 35.3 Å². The van der Waals surface area contributed by atoms with Gasteiger partial charge in [-0.3, -0.25) is 10.2 Å². The Labute approximate surface area is 128 Å². The van der Waals surface area contributed by atoms with Gasteiger partial charge in [-0.15, -0.1) is 0 Å². The fraction of sp³-hybridized carbons (Fsp3) is 0.588. The molecule has 4 nitrogen and oxygen atoms in total. The Hall–Kier alpha value is -1.41. The highest BCUT2D eigenvalue weighted by molar-refractivity contribution is 5.32. The van der Waals surface area contributed by atoms with Gasteiger partial charge in [0.1, 0.15) is 5.54 Å². The molecule has 1 N–H and O–H groups in total. The predicted octanol–water partition coefficient (Wildman–Crippen LogP) is 1.65. The first-order chi connectivity index (χ1) is 10.1. The zero-order valence-corrected chi connectivity index (χ0v) is 13.3. The Balaban J connectivity index is 2.19. The molecular formula is C17H26N4. The van der Waals surface area contributed by atoms with Crippen LogP contribution in [0.4, 0.5) is 0 Å². The molecule has 0 amide bonds. The number of hydrogen-bond donors (Lipinski definition) is 1. The molecule has 1 heterocycles. The molecule has 0 radical (unpaired) electrons. The molecule has 114 valence electrons. The van der Waals surface area contributed by atoms with Crippen LogP contribution in [0.2, 0.25) is 0 Å². The van der Waals surface area contributed by atoms with Crippen LogP contribution in [0.25, 0.3) is 0 Å². The van der Waals surface area contributed by atoms with E-state index in [4.69, 9.17) is 0 Å². The molecule has 21 heavy (non-hydrogen) atoms. The summed E-state index contributed by atoms with van der Waals surface area (Å²) in [5.41, 5.74) is 0.418. The van der Waals surface area contributed by atoms with Crippen LogP contribution in [0.1, 0.15) is 18.4 Å². The molecule has 1 aliphatic rings. The highest BCUT2D eigenvalue weighted by Gasteiger charge is 2.36. The molecule has 0 aromatic heterocycles. The maximum atomic E-state index is 9.81. The summed E-state index contributed by atoms with van der Waals surface area (Å²) in [5, 5.41) is 13.1. The van der Waals surface area contributed by atoms with Crippen molar-refractivity contribution >= 4 is 0 Å². The molecule has 4 heteroatoms. The van der Waals surface area contributed by atoms with Crippen molar-refractivity contribution in [3.8, 4) is 6.07 Å². The average Bonchev–Trinajstić information content (AvgIpc) is 2.92. The van der Waals surface area contributed by atoms with Gasteiger partial charge in [0.05, 0.1) is 6.07 Å². The number of nitrogens with one attached hydrogen (secondary N) is 1. The second-order valence-corrected chi connectivity index (χ2v) is 6.16. The lowest BCUT2D eigenvalue weighted by Gasteiger charge is -2.35. The van der Waals surface area contributed by atoms with Gasteiger partial charge in [0.2, 0.25) is 0 Å². The topological polar surface area (TPSA) is 42.3 Å². The first-order valence-electron chi connectivity index (χ1n) is 7.66. The van der Waals surface area contributed by atoms with Crippen LogP contribution >= 0.6 is 0 Å². The summed E-state index contributed by atoms with van der Waals surface area (Å²) in [6.07, 6.45) is 2.44. The minimum atomic E-state index is -0.629. The van der Waals surface area contributed by atoms with Crippen molar-refractivity contribution in [2.75, 3.05) is 40.8 Å². The minimum Gasteiger partial charge on any atom is -0.308 e. The molecule has 0 aliphatic carbocycles. The molecule has 0 bridgehead atoms. The van der Waals surface area contributed by atoms with E-state index >= 15 is 0 Å². The van der Waals surface area contributed by atoms with Gasteiger partial charge >= 0.3 is 0 Å². The van der Waals surface area contributed by atoms with Gasteiger partial charge in [-0.05, 0) is 46.1 Å². The zero-order chi connectivity index (χ0) is 15.3. The normalized spacial score (nSPS) is 22.1. The van der Waals surface area contributed by atoms with Crippen molar-refractivity contribution in [3.05, 3.63) is 35.9 Å². The monoisotopic (exact) mass is 286 g/mol. The first kappa shape index (κ1) is 16.0. The van der Waals surface area contributed by atoms with Crippen molar-refractivity contribution in [1.29, 1.82) is 5.26 Å². The third-order valence-corrected chi connectivity index (χ3v) is 4.40. The smallest absolute Gasteiger partial charge is 0.144 e. The average molecular weight is 286 g/mol. The largest absolute Gasteiger partial charge is 0.308 e. The number of likely N-dealkylation sites (N-methyl/N-ethyl adjacent to an activating group) is 2. The summed E-state index contributed by atoms with van der Waals surface area (Å²) in [5.74, 6) is 0. The molecule has 0 saturated carbocycles. The Morgan fingerprint density at radius 3 is 2.67 bits per heavy atom. The summed E-state index contributed by atoms with van der Waals surface area (Å²) in [6, 6.07) is 13.1. The van der Waals surface area contributed by atoms with Crippen molar-refractivity contribution in [3.63, 3.8) is 0 Å². The second kappa shape index (κ2) is 7.04. The van der Waals surface area contributed by atoms with Crippen LogP contribution in [0.15, 0.2) is 30.3 Å². The maximum absolute atomic E-state index is 9.81. The fourth-order valence-corrected chi connectivity index (χ4v) is 3.23. The Bertz CT molecular complexity index is 479. The molecular weight excluding hydrogens is 260 g/mol. The fourth-order valence-electron chi connectivity index (χ4n) is 3.23. The van der Waals surface area contributed by atoms with Crippen molar-refractivity contribution in [1.82, 2.24) is 15.1 Å². The van der Waals surface area contributed by atoms with Gasteiger partial charge in [-0.1, -0.05) is 30.3 Å². The van der Waals surface area contributed by atoms with E-state index in [0.717, 1.165) is 25.2 Å². The van der Waals surface area contributed by atoms with E-state index in [9.17, 15) is 5.26 Å². The van der Waals surface area contributed by atoms with Gasteiger partial charge in [-0.25, -0.2) is 0 Å². The zero-order valence-electron chi connectivity index (χ0n) is 13.3. The highest BCUT2D eigenvalue weighted by Crippen LogP contribution is 2.26. The Morgan fingerprint density at radius 2 is 2.10 bits per heavy atom. The molecule has 2 rings (SSSR count). The van der Waals surface area contributed by atoms with Crippen LogP contribution in [0.5, 0.6) is 0 Å². The molecule has 0 spiro atoms. The quantitative estimate of drug-likeness (QED) is 0.863. The van der Waals surface area contributed by atoms with E-state index in [-0.39, 0.29) is 0 Å². The second-order valence-electron chi connectivity index (χ2n) is 6.16. The third-order valence-electron chi connectivity index (χ3n) is 4.40. The lowest BCUT2D eigenvalue weighted by molar-refractivity contribution is 0.172. The van der Waals surface area contributed by atoms with Gasteiger partial charge < -0.3 is 4.90 Å². The summed E-state index contributed by atoms with van der Waals surface area (Å²) >= 11 is 0. The summed E-state index contributed by atoms with van der Waals surface area (Å²) in [6.45, 7) is 2.87. The van der Waals surface area contributed by atoms with E-state index in [1.54, 1.807) is 0 Å². The highest BCUT2D eigenvalue weighted by atomic mass is 15.2. The SMILES string of the molecule is CNC(C#N)(CN1CCCC1CN(C)C)c1ccccc1. The lowest BCUT2D eigenvalue weighted by Crippen LogP contribution is -2.51. The summed E-state index contributed by atoms with van der Waals surface area (Å²) < 4.78 is 0. The molecule has 1 aromatic rings. The number of rotatable bonds is 6. The Morgan fingerprint density at radius 1 is 1.38 bits per heavy atom. The van der Waals surface area contributed by atoms with Gasteiger partial charge in [0.15, 0.2) is 0 Å². The molecule has 2 unspecified atom stereocenters. The third kappa shape index (κ3) is 3.62. The van der Waals surface area contributed by atoms with Crippen LogP contribution in [-0.4, -0.2) is 56.6 Å². The molecule has 1 aromatic carbocycles. The number of benzene rings is 1. The molecule has 1 aliphatic heterocycles. The van der Waals surface area contributed by atoms with E-state index in [1.165, 1.54) is 12.8 Å². The molecule has 1 saturated heterocycles. The predicted molar refractivity (Wildman–Crippen MR) is 85.9 cm³/mol. The first-order valence-corrected chi connectivity index (χ1v) is 7.66.